The predicted molar refractivity (Wildman–Crippen MR) is 115 cm³/mol. The Bertz CT molecular complexity index is 885. The molecule has 2 rings (SSSR count). The first-order valence-corrected chi connectivity index (χ1v) is 9.59. The van der Waals surface area contributed by atoms with E-state index in [1.54, 1.807) is 24.3 Å². The van der Waals surface area contributed by atoms with E-state index in [1.165, 1.54) is 24.7 Å². The van der Waals surface area contributed by atoms with E-state index in [0.29, 0.717) is 11.3 Å². The van der Waals surface area contributed by atoms with Gasteiger partial charge in [-0.25, -0.2) is 10.3 Å². The Morgan fingerprint density at radius 2 is 1.86 bits per heavy atom. The Balaban J connectivity index is 2.31. The number of ether oxygens (including phenoxy) is 2. The van der Waals surface area contributed by atoms with Gasteiger partial charge in [-0.2, -0.15) is 0 Å². The first-order chi connectivity index (χ1) is 13.8. The van der Waals surface area contributed by atoms with Crippen LogP contribution in [0.1, 0.15) is 17.2 Å². The molecule has 0 fully saturated rings. The second-order valence-corrected chi connectivity index (χ2v) is 7.30. The number of nitrogens with one attached hydrogen (secondary N) is 2. The highest BCUT2D eigenvalue weighted by molar-refractivity contribution is 14.1. The van der Waals surface area contributed by atoms with Gasteiger partial charge in [0.15, 0.2) is 6.10 Å². The van der Waals surface area contributed by atoms with Gasteiger partial charge >= 0.3 is 6.09 Å². The van der Waals surface area contributed by atoms with Crippen LogP contribution >= 0.6 is 22.6 Å². The molecule has 4 N–H and O–H groups in total. The van der Waals surface area contributed by atoms with Crippen LogP contribution in [0.2, 0.25) is 0 Å². The molecule has 154 valence electrons. The monoisotopic (exact) mass is 512 g/mol. The van der Waals surface area contributed by atoms with Gasteiger partial charge in [-0.3, -0.25) is 15.3 Å². The number of aromatic hydroxyl groups is 1. The van der Waals surface area contributed by atoms with Crippen molar-refractivity contribution in [1.29, 1.82) is 0 Å². The number of amides is 2. The molecule has 0 spiro atoms. The van der Waals surface area contributed by atoms with Crippen molar-refractivity contribution in [2.75, 3.05) is 12.4 Å². The van der Waals surface area contributed by atoms with Crippen molar-refractivity contribution in [3.05, 3.63) is 69.3 Å². The SMILES string of the molecule is CO[C@H](/C=C/C(=O)NO)[C@H](OC(=O)Nc1ccc(C)cc1)c1cc(I)ccc1O. The maximum Gasteiger partial charge on any atom is 0.412 e. The van der Waals surface area contributed by atoms with E-state index in [9.17, 15) is 14.7 Å². The molecule has 0 saturated heterocycles. The summed E-state index contributed by atoms with van der Waals surface area (Å²) in [6, 6.07) is 12.0. The van der Waals surface area contributed by atoms with E-state index in [-0.39, 0.29) is 5.75 Å². The summed E-state index contributed by atoms with van der Waals surface area (Å²) in [5, 5.41) is 21.6. The molecule has 0 saturated carbocycles. The van der Waals surface area contributed by atoms with Crippen molar-refractivity contribution < 1.29 is 29.4 Å². The van der Waals surface area contributed by atoms with E-state index < -0.39 is 24.2 Å². The number of carbonyl (C=O) groups excluding carboxylic acids is 2. The van der Waals surface area contributed by atoms with Crippen LogP contribution in [0, 0.1) is 10.5 Å². The van der Waals surface area contributed by atoms with Crippen LogP contribution in [-0.2, 0) is 14.3 Å². The molecule has 2 aromatic rings. The average molecular weight is 512 g/mol. The minimum atomic E-state index is -1.07. The Hall–Kier alpha value is -2.63. The second kappa shape index (κ2) is 10.8. The van der Waals surface area contributed by atoms with Crippen LogP contribution in [0.5, 0.6) is 5.75 Å². The molecule has 0 aliphatic rings. The molecule has 8 nitrogen and oxygen atoms in total. The number of carbonyl (C=O) groups is 2. The van der Waals surface area contributed by atoms with E-state index in [0.717, 1.165) is 15.2 Å². The van der Waals surface area contributed by atoms with Crippen LogP contribution in [0.25, 0.3) is 0 Å². The maximum absolute atomic E-state index is 12.5. The van der Waals surface area contributed by atoms with Gasteiger partial charge in [0.2, 0.25) is 0 Å². The van der Waals surface area contributed by atoms with E-state index in [2.05, 4.69) is 27.9 Å². The van der Waals surface area contributed by atoms with Crippen LogP contribution in [0.4, 0.5) is 10.5 Å². The number of phenols is 1. The summed E-state index contributed by atoms with van der Waals surface area (Å²) in [5.41, 5.74) is 3.35. The fourth-order valence-electron chi connectivity index (χ4n) is 2.48. The largest absolute Gasteiger partial charge is 0.508 e. The number of hydrogen-bond acceptors (Lipinski definition) is 6. The zero-order valence-electron chi connectivity index (χ0n) is 15.8. The van der Waals surface area contributed by atoms with E-state index in [4.69, 9.17) is 14.7 Å². The number of phenolic OH excluding ortho intramolecular Hbond substituents is 1. The molecule has 0 unspecified atom stereocenters. The third-order valence-electron chi connectivity index (χ3n) is 3.95. The van der Waals surface area contributed by atoms with E-state index in [1.807, 2.05) is 19.1 Å². The Labute approximate surface area is 181 Å². The summed E-state index contributed by atoms with van der Waals surface area (Å²) in [4.78, 5) is 23.8. The van der Waals surface area contributed by atoms with E-state index >= 15 is 0 Å². The smallest absolute Gasteiger partial charge is 0.412 e. The number of rotatable bonds is 7. The van der Waals surface area contributed by atoms with Gasteiger partial charge in [-0.1, -0.05) is 17.7 Å². The summed E-state index contributed by atoms with van der Waals surface area (Å²) < 4.78 is 11.7. The van der Waals surface area contributed by atoms with Crippen LogP contribution in [0.3, 0.4) is 0 Å². The fourth-order valence-corrected chi connectivity index (χ4v) is 3.00. The third kappa shape index (κ3) is 6.73. The van der Waals surface area contributed by atoms with Crippen LogP contribution in [-0.4, -0.2) is 35.5 Å². The number of anilines is 1. The summed E-state index contributed by atoms with van der Waals surface area (Å²) in [6.45, 7) is 1.93. The van der Waals surface area contributed by atoms with Crippen molar-refractivity contribution in [3.63, 3.8) is 0 Å². The number of hydroxylamine groups is 1. The lowest BCUT2D eigenvalue weighted by Gasteiger charge is -2.25. The molecule has 0 radical (unpaired) electrons. The molecular weight excluding hydrogens is 491 g/mol. The standard InChI is InChI=1S/C20H21IN2O6/c1-12-3-6-14(7-4-12)22-20(26)29-19(15-11-13(21)5-8-16(15)24)17(28-2)9-10-18(25)23-27/h3-11,17,19,24,27H,1-2H3,(H,22,26)(H,23,25)/b10-9+/t17-,19-/m1/s1. The predicted octanol–water partition coefficient (Wildman–Crippen LogP) is 3.67. The Kier molecular flexibility index (Phi) is 8.43. The highest BCUT2D eigenvalue weighted by atomic mass is 127. The molecule has 9 heteroatoms. The lowest BCUT2D eigenvalue weighted by molar-refractivity contribution is -0.124. The van der Waals surface area contributed by atoms with Crippen LogP contribution in [0.15, 0.2) is 54.6 Å². The molecule has 0 heterocycles. The zero-order valence-corrected chi connectivity index (χ0v) is 17.9. The summed E-state index contributed by atoms with van der Waals surface area (Å²) in [5.74, 6) is -0.873. The Morgan fingerprint density at radius 3 is 2.48 bits per heavy atom. The van der Waals surface area contributed by atoms with Gasteiger partial charge in [0.1, 0.15) is 11.9 Å². The maximum atomic E-state index is 12.5. The van der Waals surface area contributed by atoms with Gasteiger partial charge in [0.05, 0.1) is 0 Å². The Morgan fingerprint density at radius 1 is 1.17 bits per heavy atom. The third-order valence-corrected chi connectivity index (χ3v) is 4.62. The quantitative estimate of drug-likeness (QED) is 0.195. The number of halogens is 1. The minimum absolute atomic E-state index is 0.0967. The van der Waals surface area contributed by atoms with Gasteiger partial charge in [-0.15, -0.1) is 0 Å². The molecule has 0 bridgehead atoms. The fraction of sp³-hybridized carbons (Fsp3) is 0.200. The minimum Gasteiger partial charge on any atom is -0.508 e. The summed E-state index contributed by atoms with van der Waals surface area (Å²) in [6.07, 6.45) is -0.399. The average Bonchev–Trinajstić information content (AvgIpc) is 2.70. The molecule has 2 aromatic carbocycles. The lowest BCUT2D eigenvalue weighted by atomic mass is 10.0. The summed E-state index contributed by atoms with van der Waals surface area (Å²) in [7, 11) is 1.37. The van der Waals surface area contributed by atoms with Crippen LogP contribution < -0.4 is 10.8 Å². The molecule has 0 aliphatic carbocycles. The lowest BCUT2D eigenvalue weighted by Crippen LogP contribution is -2.27. The first kappa shape index (κ1) is 22.7. The number of aryl methyl sites for hydroxylation is 1. The van der Waals surface area contributed by atoms with Gasteiger partial charge in [0, 0.05) is 28.0 Å². The first-order valence-electron chi connectivity index (χ1n) is 8.51. The molecule has 2 amide bonds. The number of hydrogen-bond donors (Lipinski definition) is 4. The highest BCUT2D eigenvalue weighted by Gasteiger charge is 2.28. The van der Waals surface area contributed by atoms with Crippen molar-refractivity contribution >= 4 is 40.3 Å². The van der Waals surface area contributed by atoms with Crippen molar-refractivity contribution in [3.8, 4) is 5.75 Å². The summed E-state index contributed by atoms with van der Waals surface area (Å²) >= 11 is 2.06. The van der Waals surface area contributed by atoms with Crippen molar-refractivity contribution in [1.82, 2.24) is 5.48 Å². The van der Waals surface area contributed by atoms with Crippen molar-refractivity contribution in [2.24, 2.45) is 0 Å². The molecule has 0 aliphatic heterocycles. The van der Waals surface area contributed by atoms with Gasteiger partial charge in [0.25, 0.3) is 5.91 Å². The second-order valence-electron chi connectivity index (χ2n) is 6.06. The molecule has 0 aromatic heterocycles. The molecule has 2 atom stereocenters. The molecular formula is C20H21IN2O6. The highest BCUT2D eigenvalue weighted by Crippen LogP contribution is 2.33. The van der Waals surface area contributed by atoms with Gasteiger partial charge in [-0.05, 0) is 65.9 Å². The zero-order chi connectivity index (χ0) is 21.4. The normalized spacial score (nSPS) is 13.0. The number of methoxy groups -OCH3 is 1. The topological polar surface area (TPSA) is 117 Å². The van der Waals surface area contributed by atoms with Gasteiger partial charge < -0.3 is 14.6 Å². The number of benzene rings is 2. The van der Waals surface area contributed by atoms with Crippen molar-refractivity contribution in [2.45, 2.75) is 19.1 Å². The molecule has 29 heavy (non-hydrogen) atoms.